The highest BCUT2D eigenvalue weighted by Gasteiger charge is 2.11. The number of nitrogens with zero attached hydrogens (tertiary/aromatic N) is 2. The van der Waals surface area contributed by atoms with Crippen LogP contribution in [0.4, 0.5) is 0 Å². The molecule has 2 rings (SSSR count). The summed E-state index contributed by atoms with van der Waals surface area (Å²) in [6.07, 6.45) is 4.49. The van der Waals surface area contributed by atoms with Gasteiger partial charge in [0.1, 0.15) is 0 Å². The Morgan fingerprint density at radius 3 is 2.52 bits per heavy atom. The van der Waals surface area contributed by atoms with E-state index in [9.17, 15) is 9.59 Å². The lowest BCUT2D eigenvalue weighted by atomic mass is 10.2. The molecular formula is C16H18N4O3. The average molecular weight is 314 g/mol. The van der Waals surface area contributed by atoms with Crippen molar-refractivity contribution in [3.8, 4) is 0 Å². The summed E-state index contributed by atoms with van der Waals surface area (Å²) < 4.78 is 4.86. The molecule has 0 atom stereocenters. The van der Waals surface area contributed by atoms with Crippen LogP contribution in [0.1, 0.15) is 26.4 Å². The lowest BCUT2D eigenvalue weighted by Crippen LogP contribution is -2.28. The Kier molecular flexibility index (Phi) is 6.19. The van der Waals surface area contributed by atoms with Crippen molar-refractivity contribution in [2.45, 2.75) is 6.54 Å². The van der Waals surface area contributed by atoms with Crippen molar-refractivity contribution < 1.29 is 14.3 Å². The summed E-state index contributed by atoms with van der Waals surface area (Å²) in [6.45, 7) is 1.12. The maximum atomic E-state index is 12.1. The highest BCUT2D eigenvalue weighted by molar-refractivity contribution is 5.99. The Labute approximate surface area is 134 Å². The molecule has 0 fully saturated rings. The quantitative estimate of drug-likeness (QED) is 0.737. The number of ether oxygens (including phenoxy) is 1. The van der Waals surface area contributed by atoms with Gasteiger partial charge in [0.25, 0.3) is 11.8 Å². The van der Waals surface area contributed by atoms with Gasteiger partial charge in [0.05, 0.1) is 30.0 Å². The van der Waals surface area contributed by atoms with Gasteiger partial charge in [0.15, 0.2) is 0 Å². The fraction of sp³-hybridized carbons (Fsp3) is 0.250. The summed E-state index contributed by atoms with van der Waals surface area (Å²) in [5, 5.41) is 5.42. The van der Waals surface area contributed by atoms with Crippen molar-refractivity contribution >= 4 is 11.8 Å². The second-order valence-electron chi connectivity index (χ2n) is 4.71. The lowest BCUT2D eigenvalue weighted by molar-refractivity contribution is 0.0936. The van der Waals surface area contributed by atoms with Crippen LogP contribution in [0.5, 0.6) is 0 Å². The van der Waals surface area contributed by atoms with Crippen molar-refractivity contribution in [3.05, 3.63) is 59.7 Å². The molecule has 2 heterocycles. The van der Waals surface area contributed by atoms with Gasteiger partial charge in [-0.2, -0.15) is 0 Å². The Morgan fingerprint density at radius 1 is 1.13 bits per heavy atom. The molecule has 120 valence electrons. The van der Waals surface area contributed by atoms with Gasteiger partial charge in [-0.05, 0) is 18.2 Å². The van der Waals surface area contributed by atoms with Crippen LogP contribution in [0.3, 0.4) is 0 Å². The molecule has 7 heteroatoms. The van der Waals surface area contributed by atoms with E-state index in [2.05, 4.69) is 20.6 Å². The second kappa shape index (κ2) is 8.60. The molecule has 0 aliphatic carbocycles. The fourth-order valence-corrected chi connectivity index (χ4v) is 1.83. The van der Waals surface area contributed by atoms with Crippen LogP contribution >= 0.6 is 0 Å². The van der Waals surface area contributed by atoms with Crippen LogP contribution in [0, 0.1) is 0 Å². The fourth-order valence-electron chi connectivity index (χ4n) is 1.83. The summed E-state index contributed by atoms with van der Waals surface area (Å²) in [5.74, 6) is -0.608. The van der Waals surface area contributed by atoms with E-state index in [0.717, 1.165) is 5.69 Å². The number of rotatable bonds is 7. The Morgan fingerprint density at radius 2 is 1.87 bits per heavy atom. The molecule has 0 unspecified atom stereocenters. The third-order valence-electron chi connectivity index (χ3n) is 3.01. The monoisotopic (exact) mass is 314 g/mol. The zero-order valence-corrected chi connectivity index (χ0v) is 12.8. The smallest absolute Gasteiger partial charge is 0.253 e. The van der Waals surface area contributed by atoms with Crippen molar-refractivity contribution in [2.24, 2.45) is 0 Å². The minimum atomic E-state index is -0.310. The number of hydrogen-bond acceptors (Lipinski definition) is 5. The van der Waals surface area contributed by atoms with E-state index in [-0.39, 0.29) is 11.8 Å². The standard InChI is InChI=1S/C16H18N4O3/c1-23-7-6-19-15(21)12-8-13(10-17-9-12)16(22)20-11-14-4-2-3-5-18-14/h2-5,8-10H,6-7,11H2,1H3,(H,19,21)(H,20,22). The van der Waals surface area contributed by atoms with Gasteiger partial charge in [-0.25, -0.2) is 0 Å². The number of aromatic nitrogens is 2. The molecule has 2 aromatic heterocycles. The second-order valence-corrected chi connectivity index (χ2v) is 4.71. The molecule has 2 N–H and O–H groups in total. The van der Waals surface area contributed by atoms with Crippen LogP contribution in [-0.2, 0) is 11.3 Å². The third-order valence-corrected chi connectivity index (χ3v) is 3.01. The Hall–Kier alpha value is -2.80. The van der Waals surface area contributed by atoms with E-state index in [4.69, 9.17) is 4.74 Å². The molecule has 0 saturated heterocycles. The number of hydrogen-bond donors (Lipinski definition) is 2. The van der Waals surface area contributed by atoms with Gasteiger partial charge in [-0.3, -0.25) is 19.6 Å². The molecule has 2 aromatic rings. The summed E-state index contributed by atoms with van der Waals surface area (Å²) in [5.41, 5.74) is 1.40. The molecule has 0 bridgehead atoms. The minimum Gasteiger partial charge on any atom is -0.383 e. The van der Waals surface area contributed by atoms with Crippen molar-refractivity contribution in [1.29, 1.82) is 0 Å². The zero-order chi connectivity index (χ0) is 16.5. The SMILES string of the molecule is COCCNC(=O)c1cncc(C(=O)NCc2ccccn2)c1. The summed E-state index contributed by atoms with van der Waals surface area (Å²) in [4.78, 5) is 32.1. The van der Waals surface area contributed by atoms with Gasteiger partial charge < -0.3 is 15.4 Å². The number of carbonyl (C=O) groups excluding carboxylic acids is 2. The summed E-state index contributed by atoms with van der Waals surface area (Å²) >= 11 is 0. The van der Waals surface area contributed by atoms with E-state index in [1.54, 1.807) is 19.4 Å². The predicted molar refractivity (Wildman–Crippen MR) is 83.9 cm³/mol. The molecular weight excluding hydrogens is 296 g/mol. The van der Waals surface area contributed by atoms with Gasteiger partial charge in [0.2, 0.25) is 0 Å². The molecule has 0 radical (unpaired) electrons. The van der Waals surface area contributed by atoms with E-state index in [0.29, 0.717) is 30.8 Å². The van der Waals surface area contributed by atoms with E-state index >= 15 is 0 Å². The number of nitrogens with one attached hydrogen (secondary N) is 2. The van der Waals surface area contributed by atoms with E-state index in [1.807, 2.05) is 12.1 Å². The van der Waals surface area contributed by atoms with Gasteiger partial charge >= 0.3 is 0 Å². The largest absolute Gasteiger partial charge is 0.383 e. The van der Waals surface area contributed by atoms with E-state index < -0.39 is 0 Å². The molecule has 0 aliphatic rings. The first-order chi connectivity index (χ1) is 11.2. The number of pyridine rings is 2. The first-order valence-electron chi connectivity index (χ1n) is 7.11. The maximum absolute atomic E-state index is 12.1. The predicted octanol–water partition coefficient (Wildman–Crippen LogP) is 0.783. The zero-order valence-electron chi connectivity index (χ0n) is 12.8. The van der Waals surface area contributed by atoms with Crippen molar-refractivity contribution in [3.63, 3.8) is 0 Å². The lowest BCUT2D eigenvalue weighted by Gasteiger charge is -2.07. The van der Waals surface area contributed by atoms with Gasteiger partial charge in [-0.15, -0.1) is 0 Å². The van der Waals surface area contributed by atoms with Gasteiger partial charge in [0, 0.05) is 32.2 Å². The number of carbonyl (C=O) groups is 2. The topological polar surface area (TPSA) is 93.2 Å². The highest BCUT2D eigenvalue weighted by Crippen LogP contribution is 2.03. The molecule has 2 amide bonds. The molecule has 23 heavy (non-hydrogen) atoms. The molecule has 0 saturated carbocycles. The van der Waals surface area contributed by atoms with Crippen LogP contribution in [0.2, 0.25) is 0 Å². The van der Waals surface area contributed by atoms with Gasteiger partial charge in [-0.1, -0.05) is 6.07 Å². The maximum Gasteiger partial charge on any atom is 0.253 e. The van der Waals surface area contributed by atoms with Crippen LogP contribution in [0.25, 0.3) is 0 Å². The van der Waals surface area contributed by atoms with Crippen molar-refractivity contribution in [2.75, 3.05) is 20.3 Å². The Bertz CT molecular complexity index is 661. The van der Waals surface area contributed by atoms with Crippen LogP contribution in [0.15, 0.2) is 42.9 Å². The summed E-state index contributed by atoms with van der Waals surface area (Å²) in [7, 11) is 1.56. The third kappa shape index (κ3) is 5.15. The number of amides is 2. The molecule has 7 nitrogen and oxygen atoms in total. The van der Waals surface area contributed by atoms with Crippen molar-refractivity contribution in [1.82, 2.24) is 20.6 Å². The Balaban J connectivity index is 1.95. The first-order valence-corrected chi connectivity index (χ1v) is 7.11. The number of methoxy groups -OCH3 is 1. The molecule has 0 aromatic carbocycles. The normalized spacial score (nSPS) is 10.1. The minimum absolute atomic E-state index is 0.297. The van der Waals surface area contributed by atoms with E-state index in [1.165, 1.54) is 18.5 Å². The highest BCUT2D eigenvalue weighted by atomic mass is 16.5. The van der Waals surface area contributed by atoms with Crippen LogP contribution in [-0.4, -0.2) is 42.0 Å². The molecule has 0 spiro atoms. The summed E-state index contributed by atoms with van der Waals surface area (Å²) in [6, 6.07) is 6.98. The first kappa shape index (κ1) is 16.6. The molecule has 0 aliphatic heterocycles. The average Bonchev–Trinajstić information content (AvgIpc) is 2.61. The van der Waals surface area contributed by atoms with Crippen LogP contribution < -0.4 is 10.6 Å².